The third kappa shape index (κ3) is 5.62. The summed E-state index contributed by atoms with van der Waals surface area (Å²) < 4.78 is 9.07. The zero-order chi connectivity index (χ0) is 38.9. The fourth-order valence-corrected chi connectivity index (χ4v) is 10.1. The van der Waals surface area contributed by atoms with Crippen molar-refractivity contribution in [2.45, 2.75) is 0 Å². The molecule has 10 aromatic carbocycles. The van der Waals surface area contributed by atoms with Gasteiger partial charge in [0.1, 0.15) is 11.2 Å². The van der Waals surface area contributed by atoms with Gasteiger partial charge in [-0.1, -0.05) is 152 Å². The van der Waals surface area contributed by atoms with Crippen LogP contribution in [0.4, 0.5) is 17.1 Å². The van der Waals surface area contributed by atoms with Gasteiger partial charge in [-0.2, -0.15) is 0 Å². The quantitative estimate of drug-likeness (QED) is 0.157. The molecule has 0 radical (unpaired) electrons. The highest BCUT2D eigenvalue weighted by molar-refractivity contribution is 7.26. The van der Waals surface area contributed by atoms with E-state index < -0.39 is 0 Å². The highest BCUT2D eigenvalue weighted by Gasteiger charge is 2.19. The Bertz CT molecular complexity index is 3540. The van der Waals surface area contributed by atoms with E-state index in [2.05, 4.69) is 211 Å². The highest BCUT2D eigenvalue weighted by Crippen LogP contribution is 2.46. The van der Waals surface area contributed by atoms with Gasteiger partial charge in [0, 0.05) is 47.9 Å². The molecule has 59 heavy (non-hydrogen) atoms. The van der Waals surface area contributed by atoms with Gasteiger partial charge in [-0.3, -0.25) is 0 Å². The molecular weight excluding hydrogens is 735 g/mol. The van der Waals surface area contributed by atoms with Crippen LogP contribution in [0, 0.1) is 0 Å². The van der Waals surface area contributed by atoms with E-state index >= 15 is 0 Å². The Morgan fingerprint density at radius 2 is 0.966 bits per heavy atom. The Hall–Kier alpha value is -7.46. The van der Waals surface area contributed by atoms with Gasteiger partial charge in [0.15, 0.2) is 0 Å². The summed E-state index contributed by atoms with van der Waals surface area (Å²) in [7, 11) is 0. The molecule has 0 saturated heterocycles. The molecule has 0 N–H and O–H groups in total. The zero-order valence-corrected chi connectivity index (χ0v) is 32.8. The summed E-state index contributed by atoms with van der Waals surface area (Å²) in [5.41, 5.74) is 12.2. The highest BCUT2D eigenvalue weighted by atomic mass is 32.1. The lowest BCUT2D eigenvalue weighted by molar-refractivity contribution is 0.670. The van der Waals surface area contributed by atoms with Crippen LogP contribution in [0.3, 0.4) is 0 Å². The average molecular weight is 770 g/mol. The number of furan rings is 1. The Labute approximate surface area is 345 Å². The summed E-state index contributed by atoms with van der Waals surface area (Å²) >= 11 is 1.85. The molecule has 2 heterocycles. The van der Waals surface area contributed by atoms with E-state index in [0.29, 0.717) is 0 Å². The lowest BCUT2D eigenvalue weighted by Gasteiger charge is -2.27. The van der Waals surface area contributed by atoms with Gasteiger partial charge in [0.2, 0.25) is 0 Å². The predicted molar refractivity (Wildman–Crippen MR) is 253 cm³/mol. The fourth-order valence-electron chi connectivity index (χ4n) is 8.99. The van der Waals surface area contributed by atoms with Crippen molar-refractivity contribution >= 4 is 92.1 Å². The van der Waals surface area contributed by atoms with Crippen molar-refractivity contribution in [3.8, 4) is 33.4 Å². The third-order valence-corrected chi connectivity index (χ3v) is 13.0. The molecular formula is C56H35NOS. The topological polar surface area (TPSA) is 16.4 Å². The smallest absolute Gasteiger partial charge is 0.143 e. The van der Waals surface area contributed by atoms with Crippen molar-refractivity contribution in [1.82, 2.24) is 0 Å². The lowest BCUT2D eigenvalue weighted by atomic mass is 9.97. The molecule has 0 aliphatic heterocycles. The number of anilines is 3. The van der Waals surface area contributed by atoms with Crippen molar-refractivity contribution in [1.29, 1.82) is 0 Å². The first kappa shape index (κ1) is 33.7. The van der Waals surface area contributed by atoms with Crippen molar-refractivity contribution in [2.75, 3.05) is 4.90 Å². The summed E-state index contributed by atoms with van der Waals surface area (Å²) in [6, 6.07) is 76.9. The standard InChI is InChI=1S/C56H35NOS/c1-2-10-38(11-3-1)47-15-8-16-48-50-35-41(27-33-52(50)58-56(47)48)37-24-30-44(31-25-37)57(51-17-9-19-54-55(51)49-14-6-7-18-53(49)59-54)43-28-22-36(23-29-43)40-26-32-46-42(34-40)21-20-39-12-4-5-13-45(39)46/h1-35H. The van der Waals surface area contributed by atoms with Crippen LogP contribution in [0.2, 0.25) is 0 Å². The maximum atomic E-state index is 6.50. The number of para-hydroxylation sites is 1. The summed E-state index contributed by atoms with van der Waals surface area (Å²) in [4.78, 5) is 2.42. The first-order chi connectivity index (χ1) is 29.2. The summed E-state index contributed by atoms with van der Waals surface area (Å²) in [6.07, 6.45) is 0. The minimum Gasteiger partial charge on any atom is -0.455 e. The lowest BCUT2D eigenvalue weighted by Crippen LogP contribution is -2.10. The minimum absolute atomic E-state index is 0.895. The van der Waals surface area contributed by atoms with Gasteiger partial charge < -0.3 is 9.32 Å². The number of thiophene rings is 1. The van der Waals surface area contributed by atoms with E-state index in [1.54, 1.807) is 0 Å². The van der Waals surface area contributed by atoms with Crippen molar-refractivity contribution in [3.63, 3.8) is 0 Å². The maximum absolute atomic E-state index is 6.50. The number of nitrogens with zero attached hydrogens (tertiary/aromatic N) is 1. The average Bonchev–Trinajstić information content (AvgIpc) is 3.88. The van der Waals surface area contributed by atoms with Gasteiger partial charge in [-0.15, -0.1) is 11.3 Å². The van der Waals surface area contributed by atoms with E-state index in [4.69, 9.17) is 4.42 Å². The molecule has 0 aliphatic carbocycles. The fraction of sp³-hybridized carbons (Fsp3) is 0. The van der Waals surface area contributed by atoms with Crippen LogP contribution in [0.15, 0.2) is 217 Å². The molecule has 0 saturated carbocycles. The first-order valence-electron chi connectivity index (χ1n) is 20.1. The number of hydrogen-bond donors (Lipinski definition) is 0. The SMILES string of the molecule is c1ccc(-c2cccc3c2oc2ccc(-c4ccc(N(c5ccc(-c6ccc7c(ccc8ccccc87)c6)cc5)c5cccc6sc7ccccc7c56)cc4)cc23)cc1. The molecule has 3 heteroatoms. The van der Waals surface area contributed by atoms with Crippen LogP contribution in [-0.2, 0) is 0 Å². The Balaban J connectivity index is 0.951. The van der Waals surface area contributed by atoms with Gasteiger partial charge in [-0.25, -0.2) is 0 Å². The molecule has 0 fully saturated rings. The Kier molecular flexibility index (Phi) is 7.75. The molecule has 0 spiro atoms. The van der Waals surface area contributed by atoms with E-state index in [0.717, 1.165) is 55.6 Å². The second-order valence-corrected chi connectivity index (χ2v) is 16.3. The Morgan fingerprint density at radius 1 is 0.356 bits per heavy atom. The molecule has 12 aromatic rings. The largest absolute Gasteiger partial charge is 0.455 e. The van der Waals surface area contributed by atoms with Crippen molar-refractivity contribution < 1.29 is 4.42 Å². The summed E-state index contributed by atoms with van der Waals surface area (Å²) in [6.45, 7) is 0. The zero-order valence-electron chi connectivity index (χ0n) is 32.0. The van der Waals surface area contributed by atoms with Crippen molar-refractivity contribution in [2.24, 2.45) is 0 Å². The second kappa shape index (κ2) is 13.6. The van der Waals surface area contributed by atoms with Gasteiger partial charge in [0.05, 0.1) is 5.69 Å². The molecule has 0 aliphatic rings. The maximum Gasteiger partial charge on any atom is 0.143 e. The number of fused-ring (bicyclic) bond motifs is 9. The predicted octanol–water partition coefficient (Wildman–Crippen LogP) is 16.7. The van der Waals surface area contributed by atoms with Crippen molar-refractivity contribution in [3.05, 3.63) is 212 Å². The van der Waals surface area contributed by atoms with Crippen LogP contribution < -0.4 is 4.90 Å². The van der Waals surface area contributed by atoms with Gasteiger partial charge in [-0.05, 0) is 110 Å². The molecule has 0 unspecified atom stereocenters. The summed E-state index contributed by atoms with van der Waals surface area (Å²) in [5.74, 6) is 0. The minimum atomic E-state index is 0.895. The summed E-state index contributed by atoms with van der Waals surface area (Å²) in [5, 5.41) is 9.89. The van der Waals surface area contributed by atoms with Gasteiger partial charge in [0.25, 0.3) is 0 Å². The molecule has 2 aromatic heterocycles. The van der Waals surface area contributed by atoms with Gasteiger partial charge >= 0.3 is 0 Å². The Morgan fingerprint density at radius 3 is 1.78 bits per heavy atom. The third-order valence-electron chi connectivity index (χ3n) is 11.9. The number of hydrogen-bond acceptors (Lipinski definition) is 3. The first-order valence-corrected chi connectivity index (χ1v) is 20.9. The van der Waals surface area contributed by atoms with Crippen LogP contribution in [0.25, 0.3) is 97.0 Å². The number of benzene rings is 10. The molecule has 2 nitrogen and oxygen atoms in total. The molecule has 276 valence electrons. The molecule has 12 rings (SSSR count). The van der Waals surface area contributed by atoms with Crippen LogP contribution in [-0.4, -0.2) is 0 Å². The van der Waals surface area contributed by atoms with E-state index in [-0.39, 0.29) is 0 Å². The van der Waals surface area contributed by atoms with E-state index in [9.17, 15) is 0 Å². The van der Waals surface area contributed by atoms with Crippen LogP contribution in [0.5, 0.6) is 0 Å². The molecule has 0 amide bonds. The monoisotopic (exact) mass is 769 g/mol. The molecule has 0 atom stereocenters. The van der Waals surface area contributed by atoms with Crippen LogP contribution in [0.1, 0.15) is 0 Å². The van der Waals surface area contributed by atoms with E-state index in [1.165, 1.54) is 58.5 Å². The van der Waals surface area contributed by atoms with Crippen LogP contribution >= 0.6 is 11.3 Å². The van der Waals surface area contributed by atoms with E-state index in [1.807, 2.05) is 17.4 Å². The normalized spacial score (nSPS) is 11.7. The number of rotatable bonds is 6. The molecule has 0 bridgehead atoms. The second-order valence-electron chi connectivity index (χ2n) is 15.3.